The molecule has 0 bridgehead atoms. The highest BCUT2D eigenvalue weighted by atomic mass is 127. The first-order valence-corrected chi connectivity index (χ1v) is 6.88. The quantitative estimate of drug-likeness (QED) is 0.840. The standard InChI is InChI=1S/C13H16INO/c14-11-7-3-4-8-12(11)15-13(16)9-10-5-1-2-6-10/h3-4,7-8,10H,1-2,5-6,9H2,(H,15,16). The van der Waals surface area contributed by atoms with Crippen molar-refractivity contribution < 1.29 is 4.79 Å². The smallest absolute Gasteiger partial charge is 0.224 e. The van der Waals surface area contributed by atoms with Crippen LogP contribution < -0.4 is 5.32 Å². The third-order valence-corrected chi connectivity index (χ3v) is 4.04. The minimum Gasteiger partial charge on any atom is -0.325 e. The molecule has 1 aromatic rings. The molecule has 0 aromatic heterocycles. The van der Waals surface area contributed by atoms with Gasteiger partial charge < -0.3 is 5.32 Å². The van der Waals surface area contributed by atoms with Gasteiger partial charge in [-0.1, -0.05) is 25.0 Å². The van der Waals surface area contributed by atoms with Crippen molar-refractivity contribution in [3.8, 4) is 0 Å². The first kappa shape index (κ1) is 11.9. The number of hydrogen-bond donors (Lipinski definition) is 1. The maximum absolute atomic E-state index is 11.8. The van der Waals surface area contributed by atoms with Crippen LogP contribution in [-0.4, -0.2) is 5.91 Å². The zero-order valence-corrected chi connectivity index (χ0v) is 11.4. The molecule has 0 atom stereocenters. The monoisotopic (exact) mass is 329 g/mol. The van der Waals surface area contributed by atoms with Crippen LogP contribution in [0.15, 0.2) is 24.3 Å². The molecule has 3 heteroatoms. The summed E-state index contributed by atoms with van der Waals surface area (Å²) in [6.45, 7) is 0. The molecule has 16 heavy (non-hydrogen) atoms. The van der Waals surface area contributed by atoms with Gasteiger partial charge in [0.05, 0.1) is 5.69 Å². The van der Waals surface area contributed by atoms with Crippen LogP contribution in [-0.2, 0) is 4.79 Å². The van der Waals surface area contributed by atoms with Gasteiger partial charge in [0, 0.05) is 9.99 Å². The highest BCUT2D eigenvalue weighted by Crippen LogP contribution is 2.28. The molecule has 1 aromatic carbocycles. The average Bonchev–Trinajstić information content (AvgIpc) is 2.74. The first-order valence-electron chi connectivity index (χ1n) is 5.80. The molecular weight excluding hydrogens is 313 g/mol. The molecular formula is C13H16INO. The molecule has 0 radical (unpaired) electrons. The topological polar surface area (TPSA) is 29.1 Å². The van der Waals surface area contributed by atoms with E-state index < -0.39 is 0 Å². The average molecular weight is 329 g/mol. The number of rotatable bonds is 3. The van der Waals surface area contributed by atoms with Crippen LogP contribution in [0.3, 0.4) is 0 Å². The summed E-state index contributed by atoms with van der Waals surface area (Å²) in [5, 5.41) is 2.99. The number of nitrogens with one attached hydrogen (secondary N) is 1. The van der Waals surface area contributed by atoms with E-state index >= 15 is 0 Å². The van der Waals surface area contributed by atoms with Crippen LogP contribution in [0.1, 0.15) is 32.1 Å². The molecule has 2 nitrogen and oxygen atoms in total. The van der Waals surface area contributed by atoms with Gasteiger partial charge in [-0.3, -0.25) is 4.79 Å². The van der Waals surface area contributed by atoms with Crippen molar-refractivity contribution in [1.82, 2.24) is 0 Å². The van der Waals surface area contributed by atoms with Crippen LogP contribution >= 0.6 is 22.6 Å². The Balaban J connectivity index is 1.89. The van der Waals surface area contributed by atoms with Crippen LogP contribution in [0.2, 0.25) is 0 Å². The van der Waals surface area contributed by atoms with E-state index in [2.05, 4.69) is 27.9 Å². The number of carbonyl (C=O) groups is 1. The molecule has 1 aliphatic carbocycles. The maximum atomic E-state index is 11.8. The van der Waals surface area contributed by atoms with Crippen molar-refractivity contribution in [1.29, 1.82) is 0 Å². The lowest BCUT2D eigenvalue weighted by molar-refractivity contribution is -0.117. The Morgan fingerprint density at radius 2 is 2.00 bits per heavy atom. The number of benzene rings is 1. The molecule has 0 unspecified atom stereocenters. The molecule has 0 aliphatic heterocycles. The second-order valence-corrected chi connectivity index (χ2v) is 5.54. The zero-order valence-electron chi connectivity index (χ0n) is 9.21. The summed E-state index contributed by atoms with van der Waals surface area (Å²) >= 11 is 2.24. The van der Waals surface area contributed by atoms with E-state index in [0.29, 0.717) is 12.3 Å². The molecule has 0 saturated heterocycles. The van der Waals surface area contributed by atoms with Gasteiger partial charge in [-0.25, -0.2) is 0 Å². The van der Waals surface area contributed by atoms with Crippen molar-refractivity contribution in [2.24, 2.45) is 5.92 Å². The normalized spacial score (nSPS) is 16.3. The molecule has 0 spiro atoms. The highest BCUT2D eigenvalue weighted by molar-refractivity contribution is 14.1. The molecule has 1 saturated carbocycles. The van der Waals surface area contributed by atoms with E-state index in [4.69, 9.17) is 0 Å². The fourth-order valence-corrected chi connectivity index (χ4v) is 2.76. The van der Waals surface area contributed by atoms with Crippen molar-refractivity contribution in [3.63, 3.8) is 0 Å². The van der Waals surface area contributed by atoms with Crippen LogP contribution in [0, 0.1) is 9.49 Å². The summed E-state index contributed by atoms with van der Waals surface area (Å²) in [4.78, 5) is 11.8. The van der Waals surface area contributed by atoms with E-state index in [0.717, 1.165) is 9.26 Å². The van der Waals surface area contributed by atoms with Gasteiger partial charge in [-0.2, -0.15) is 0 Å². The number of hydrogen-bond acceptors (Lipinski definition) is 1. The first-order chi connectivity index (χ1) is 7.75. The van der Waals surface area contributed by atoms with E-state index in [1.54, 1.807) is 0 Å². The van der Waals surface area contributed by atoms with Crippen molar-refractivity contribution in [2.45, 2.75) is 32.1 Å². The third kappa shape index (κ3) is 3.20. The second-order valence-electron chi connectivity index (χ2n) is 4.38. The van der Waals surface area contributed by atoms with Gasteiger partial charge in [0.2, 0.25) is 5.91 Å². The predicted octanol–water partition coefficient (Wildman–Crippen LogP) is 3.81. The fraction of sp³-hybridized carbons (Fsp3) is 0.462. The Hall–Kier alpha value is -0.580. The number of carbonyl (C=O) groups excluding carboxylic acids is 1. The van der Waals surface area contributed by atoms with Gasteiger partial charge in [0.1, 0.15) is 0 Å². The zero-order chi connectivity index (χ0) is 11.4. The van der Waals surface area contributed by atoms with Gasteiger partial charge in [0.25, 0.3) is 0 Å². The minimum absolute atomic E-state index is 0.163. The highest BCUT2D eigenvalue weighted by Gasteiger charge is 2.18. The van der Waals surface area contributed by atoms with E-state index in [-0.39, 0.29) is 5.91 Å². The van der Waals surface area contributed by atoms with Crippen molar-refractivity contribution in [2.75, 3.05) is 5.32 Å². The number of para-hydroxylation sites is 1. The lowest BCUT2D eigenvalue weighted by atomic mass is 10.0. The van der Waals surface area contributed by atoms with Gasteiger partial charge in [0.15, 0.2) is 0 Å². The SMILES string of the molecule is O=C(CC1CCCC1)Nc1ccccc1I. The Labute approximate surface area is 110 Å². The Morgan fingerprint density at radius 3 is 2.69 bits per heavy atom. The Morgan fingerprint density at radius 1 is 1.31 bits per heavy atom. The summed E-state index contributed by atoms with van der Waals surface area (Å²) in [5.74, 6) is 0.775. The molecule has 1 aliphatic rings. The van der Waals surface area contributed by atoms with E-state index in [1.165, 1.54) is 25.7 Å². The summed E-state index contributed by atoms with van der Waals surface area (Å²) in [7, 11) is 0. The van der Waals surface area contributed by atoms with E-state index in [9.17, 15) is 4.79 Å². The molecule has 1 N–H and O–H groups in total. The van der Waals surface area contributed by atoms with Gasteiger partial charge in [-0.05, 0) is 53.5 Å². The summed E-state index contributed by atoms with van der Waals surface area (Å²) in [6, 6.07) is 7.89. The fourth-order valence-electron chi connectivity index (χ4n) is 2.24. The number of anilines is 1. The maximum Gasteiger partial charge on any atom is 0.224 e. The van der Waals surface area contributed by atoms with Crippen LogP contribution in [0.5, 0.6) is 0 Å². The molecule has 86 valence electrons. The molecule has 1 amide bonds. The lowest BCUT2D eigenvalue weighted by Crippen LogP contribution is -2.15. The molecule has 2 rings (SSSR count). The Kier molecular flexibility index (Phi) is 4.21. The molecule has 1 fully saturated rings. The van der Waals surface area contributed by atoms with Gasteiger partial charge in [-0.15, -0.1) is 0 Å². The summed E-state index contributed by atoms with van der Waals surface area (Å²) < 4.78 is 1.10. The van der Waals surface area contributed by atoms with Gasteiger partial charge >= 0.3 is 0 Å². The Bertz CT molecular complexity index is 372. The predicted molar refractivity (Wildman–Crippen MR) is 74.4 cm³/mol. The largest absolute Gasteiger partial charge is 0.325 e. The summed E-state index contributed by atoms with van der Waals surface area (Å²) in [5.41, 5.74) is 0.936. The van der Waals surface area contributed by atoms with Crippen molar-refractivity contribution in [3.05, 3.63) is 27.8 Å². The van der Waals surface area contributed by atoms with Crippen molar-refractivity contribution >= 4 is 34.2 Å². The molecule has 0 heterocycles. The van der Waals surface area contributed by atoms with Crippen LogP contribution in [0.25, 0.3) is 0 Å². The number of halogens is 1. The number of amides is 1. The second kappa shape index (κ2) is 5.66. The van der Waals surface area contributed by atoms with E-state index in [1.807, 2.05) is 24.3 Å². The van der Waals surface area contributed by atoms with Crippen LogP contribution in [0.4, 0.5) is 5.69 Å². The lowest BCUT2D eigenvalue weighted by Gasteiger charge is -2.10. The summed E-state index contributed by atoms with van der Waals surface area (Å²) in [6.07, 6.45) is 5.71. The third-order valence-electron chi connectivity index (χ3n) is 3.10. The minimum atomic E-state index is 0.163.